The maximum absolute atomic E-state index is 14.4. The molecule has 4 aliphatic rings. The van der Waals surface area contributed by atoms with Gasteiger partial charge in [-0.1, -0.05) is 17.7 Å². The van der Waals surface area contributed by atoms with Crippen molar-refractivity contribution in [1.82, 2.24) is 4.90 Å². The smallest absolute Gasteiger partial charge is 0.264 e. The number of likely N-dealkylation sites (tertiary alicyclic amines) is 1. The van der Waals surface area contributed by atoms with Crippen LogP contribution < -0.4 is 10.0 Å². The third-order valence-electron chi connectivity index (χ3n) is 9.76. The molecule has 1 spiro atoms. The van der Waals surface area contributed by atoms with Crippen molar-refractivity contribution in [3.05, 3.63) is 94.0 Å². The summed E-state index contributed by atoms with van der Waals surface area (Å²) in [5.74, 6) is -1.39. The van der Waals surface area contributed by atoms with Gasteiger partial charge in [-0.25, -0.2) is 17.2 Å². The summed E-state index contributed by atoms with van der Waals surface area (Å²) in [5.41, 5.74) is 7.58. The molecular weight excluding hydrogens is 596 g/mol. The highest BCUT2D eigenvalue weighted by Crippen LogP contribution is 2.60. The first-order valence-corrected chi connectivity index (χ1v) is 16.4. The van der Waals surface area contributed by atoms with Gasteiger partial charge in [-0.2, -0.15) is 0 Å². The largest absolute Gasteiger partial charge is 0.378 e. The number of primary amides is 1. The average molecular weight is 628 g/mol. The second kappa shape index (κ2) is 10.5. The number of benzene rings is 3. The predicted molar refractivity (Wildman–Crippen MR) is 159 cm³/mol. The van der Waals surface area contributed by atoms with Crippen LogP contribution in [-0.2, 0) is 26.6 Å². The summed E-state index contributed by atoms with van der Waals surface area (Å²) >= 11 is 6.51. The average Bonchev–Trinajstić information content (AvgIpc) is 3.74. The Hall–Kier alpha value is -3.05. The van der Waals surface area contributed by atoms with Gasteiger partial charge in [-0.3, -0.25) is 14.0 Å². The summed E-state index contributed by atoms with van der Waals surface area (Å²) < 4.78 is 63.7. The molecular formula is C32H32ClF2N3O4S. The SMILES string of the molecule is NC(=O)c1ccc2c(c1)C1(CCN(C3COC3)C(Cc3ccc(F)cc3Cl)C1)C(C1CC1)N2S(=O)(=O)c1ccc(F)cc1. The zero-order valence-corrected chi connectivity index (χ0v) is 25.0. The van der Waals surface area contributed by atoms with Crippen molar-refractivity contribution in [2.45, 2.75) is 60.5 Å². The molecule has 3 fully saturated rings. The van der Waals surface area contributed by atoms with Crippen molar-refractivity contribution >= 4 is 33.2 Å². The van der Waals surface area contributed by atoms with Crippen LogP contribution in [0.2, 0.25) is 5.02 Å². The third-order valence-corrected chi connectivity index (χ3v) is 11.9. The molecule has 3 aromatic rings. The van der Waals surface area contributed by atoms with E-state index in [1.165, 1.54) is 24.3 Å². The van der Waals surface area contributed by atoms with Crippen LogP contribution in [0.3, 0.4) is 0 Å². The minimum Gasteiger partial charge on any atom is -0.378 e. The molecule has 3 aromatic carbocycles. The molecule has 0 aromatic heterocycles. The van der Waals surface area contributed by atoms with Gasteiger partial charge in [0.25, 0.3) is 10.0 Å². The number of hydrogen-bond donors (Lipinski definition) is 1. The minimum absolute atomic E-state index is 0.0141. The second-order valence-corrected chi connectivity index (χ2v) is 14.5. The summed E-state index contributed by atoms with van der Waals surface area (Å²) in [7, 11) is -4.09. The fraction of sp³-hybridized carbons (Fsp3) is 0.406. The number of anilines is 1. The monoisotopic (exact) mass is 627 g/mol. The lowest BCUT2D eigenvalue weighted by atomic mass is 9.65. The number of nitrogens with two attached hydrogens (primary N) is 1. The van der Waals surface area contributed by atoms with Crippen LogP contribution >= 0.6 is 11.6 Å². The van der Waals surface area contributed by atoms with Gasteiger partial charge in [0.1, 0.15) is 11.6 Å². The summed E-state index contributed by atoms with van der Waals surface area (Å²) in [6.45, 7) is 1.91. The normalized spacial score (nSPS) is 26.0. The van der Waals surface area contributed by atoms with Gasteiger partial charge in [0.05, 0.1) is 35.9 Å². The summed E-state index contributed by atoms with van der Waals surface area (Å²) in [4.78, 5) is 14.8. The van der Waals surface area contributed by atoms with Crippen molar-refractivity contribution in [2.75, 3.05) is 24.1 Å². The van der Waals surface area contributed by atoms with Crippen molar-refractivity contribution in [3.63, 3.8) is 0 Å². The molecule has 7 rings (SSSR count). The number of piperidine rings is 1. The van der Waals surface area contributed by atoms with E-state index in [-0.39, 0.29) is 22.9 Å². The van der Waals surface area contributed by atoms with Crippen molar-refractivity contribution in [2.24, 2.45) is 11.7 Å². The molecule has 3 unspecified atom stereocenters. The summed E-state index contributed by atoms with van der Waals surface area (Å²) in [6.07, 6.45) is 3.58. The molecule has 3 atom stereocenters. The number of sulfonamides is 1. The first-order chi connectivity index (χ1) is 20.6. The molecule has 2 saturated heterocycles. The van der Waals surface area contributed by atoms with Crippen LogP contribution in [0.15, 0.2) is 65.6 Å². The van der Waals surface area contributed by atoms with Crippen LogP contribution in [0, 0.1) is 17.6 Å². The van der Waals surface area contributed by atoms with E-state index >= 15 is 0 Å². The highest BCUT2D eigenvalue weighted by Gasteiger charge is 2.61. The Morgan fingerprint density at radius 2 is 1.74 bits per heavy atom. The number of rotatable bonds is 7. The van der Waals surface area contributed by atoms with E-state index in [2.05, 4.69) is 4.90 Å². The Kier molecular flexibility index (Phi) is 7.04. The molecule has 3 aliphatic heterocycles. The summed E-state index contributed by atoms with van der Waals surface area (Å²) in [5, 5.41) is 0.353. The molecule has 11 heteroatoms. The van der Waals surface area contributed by atoms with E-state index in [1.54, 1.807) is 28.6 Å². The molecule has 43 heavy (non-hydrogen) atoms. The Morgan fingerprint density at radius 1 is 1.02 bits per heavy atom. The topological polar surface area (TPSA) is 92.9 Å². The minimum atomic E-state index is -4.09. The number of nitrogens with zero attached hydrogens (tertiary/aromatic N) is 2. The maximum atomic E-state index is 14.4. The number of fused-ring (bicyclic) bond motifs is 2. The molecule has 1 aliphatic carbocycles. The Labute approximate surface area is 254 Å². The highest BCUT2D eigenvalue weighted by atomic mass is 35.5. The molecule has 1 saturated carbocycles. The van der Waals surface area contributed by atoms with Gasteiger partial charge < -0.3 is 10.5 Å². The van der Waals surface area contributed by atoms with Crippen molar-refractivity contribution in [1.29, 1.82) is 0 Å². The molecule has 3 heterocycles. The predicted octanol–water partition coefficient (Wildman–Crippen LogP) is 5.05. The molecule has 226 valence electrons. The third kappa shape index (κ3) is 4.83. The lowest BCUT2D eigenvalue weighted by Gasteiger charge is -2.52. The molecule has 2 N–H and O–H groups in total. The van der Waals surface area contributed by atoms with Gasteiger partial charge in [0.15, 0.2) is 0 Å². The van der Waals surface area contributed by atoms with E-state index in [1.807, 2.05) is 0 Å². The number of carbonyl (C=O) groups excluding carboxylic acids is 1. The van der Waals surface area contributed by atoms with Gasteiger partial charge in [0, 0.05) is 22.0 Å². The van der Waals surface area contributed by atoms with Gasteiger partial charge in [0.2, 0.25) is 5.91 Å². The van der Waals surface area contributed by atoms with E-state index in [0.29, 0.717) is 55.3 Å². The first-order valence-electron chi connectivity index (χ1n) is 14.6. The number of halogens is 3. The fourth-order valence-corrected chi connectivity index (χ4v) is 9.60. The van der Waals surface area contributed by atoms with E-state index in [0.717, 1.165) is 36.1 Å². The lowest BCUT2D eigenvalue weighted by Crippen LogP contribution is -2.62. The van der Waals surface area contributed by atoms with Crippen LogP contribution in [0.1, 0.15) is 47.2 Å². The van der Waals surface area contributed by atoms with Gasteiger partial charge >= 0.3 is 0 Å². The van der Waals surface area contributed by atoms with Crippen molar-refractivity contribution in [3.8, 4) is 0 Å². The first kappa shape index (κ1) is 28.7. The quantitative estimate of drug-likeness (QED) is 0.396. The van der Waals surface area contributed by atoms with E-state index < -0.39 is 39.0 Å². The Balaban J connectivity index is 1.37. The number of hydrogen-bond acceptors (Lipinski definition) is 5. The Morgan fingerprint density at radius 3 is 2.37 bits per heavy atom. The maximum Gasteiger partial charge on any atom is 0.264 e. The zero-order chi connectivity index (χ0) is 30.1. The lowest BCUT2D eigenvalue weighted by molar-refractivity contribution is -0.0963. The molecule has 0 radical (unpaired) electrons. The van der Waals surface area contributed by atoms with Crippen LogP contribution in [0.25, 0.3) is 0 Å². The standard InChI is InChI=1S/C32H32ClF2N3O4S/c33-28-15-23(35)5-3-20(28)13-24-16-32(11-12-37(24)25-17-42-18-25)27-14-21(31(36)39)4-10-29(27)38(30(32)19-1-2-19)43(40,41)26-8-6-22(34)7-9-26/h3-10,14-15,19,24-25,30H,1-2,11-13,16-18H2,(H2,36,39). The van der Waals surface area contributed by atoms with Crippen LogP contribution in [0.5, 0.6) is 0 Å². The van der Waals surface area contributed by atoms with Gasteiger partial charge in [-0.05, 0) is 110 Å². The number of carbonyl (C=O) groups is 1. The number of ether oxygens (including phenoxy) is 1. The zero-order valence-electron chi connectivity index (χ0n) is 23.4. The number of amides is 1. The molecule has 7 nitrogen and oxygen atoms in total. The van der Waals surface area contributed by atoms with Crippen molar-refractivity contribution < 1.29 is 26.7 Å². The highest BCUT2D eigenvalue weighted by molar-refractivity contribution is 7.92. The van der Waals surface area contributed by atoms with E-state index in [9.17, 15) is 22.0 Å². The van der Waals surface area contributed by atoms with Crippen LogP contribution in [-0.4, -0.2) is 57.1 Å². The van der Waals surface area contributed by atoms with E-state index in [4.69, 9.17) is 22.1 Å². The summed E-state index contributed by atoms with van der Waals surface area (Å²) in [6, 6.07) is 14.2. The molecule has 0 bridgehead atoms. The van der Waals surface area contributed by atoms with Gasteiger partial charge in [-0.15, -0.1) is 0 Å². The molecule has 1 amide bonds. The fourth-order valence-electron chi connectivity index (χ4n) is 7.56. The Bertz CT molecular complexity index is 1700. The second-order valence-electron chi connectivity index (χ2n) is 12.3. The van der Waals surface area contributed by atoms with Crippen LogP contribution in [0.4, 0.5) is 14.5 Å².